The molecule has 2 nitrogen and oxygen atoms in total. The van der Waals surface area contributed by atoms with Gasteiger partial charge in [-0.3, -0.25) is 4.79 Å². The summed E-state index contributed by atoms with van der Waals surface area (Å²) in [5, 5.41) is 3.22. The average molecular weight is 237 g/mol. The Hall–Kier alpha value is -0.670. The Morgan fingerprint density at radius 3 is 2.69 bits per heavy atom. The highest BCUT2D eigenvalue weighted by molar-refractivity contribution is 7.12. The number of carbonyl (C=O) groups is 1. The highest BCUT2D eigenvalue weighted by Crippen LogP contribution is 2.22. The molecule has 0 spiro atoms. The molecule has 1 aliphatic rings. The standard InChI is InChI=1S/C13H19NOS/c1-3-11-4-5-12(16-11)6-13(15)9(2)10-7-14-8-10/h4-5,9-10,14H,3,6-8H2,1-2H3. The second-order valence-corrected chi connectivity index (χ2v) is 5.82. The first-order valence-electron chi connectivity index (χ1n) is 6.01. The van der Waals surface area contributed by atoms with Gasteiger partial charge in [0.2, 0.25) is 0 Å². The number of carbonyl (C=O) groups excluding carboxylic acids is 1. The minimum atomic E-state index is 0.216. The van der Waals surface area contributed by atoms with E-state index in [4.69, 9.17) is 0 Å². The molecule has 2 rings (SSSR count). The summed E-state index contributed by atoms with van der Waals surface area (Å²) in [5.74, 6) is 1.18. The van der Waals surface area contributed by atoms with Crippen LogP contribution in [-0.4, -0.2) is 18.9 Å². The van der Waals surface area contributed by atoms with E-state index < -0.39 is 0 Å². The van der Waals surface area contributed by atoms with E-state index in [9.17, 15) is 4.79 Å². The first kappa shape index (κ1) is 11.8. The molecule has 88 valence electrons. The van der Waals surface area contributed by atoms with E-state index in [-0.39, 0.29) is 5.92 Å². The van der Waals surface area contributed by atoms with Crippen LogP contribution < -0.4 is 5.32 Å². The van der Waals surface area contributed by atoms with Gasteiger partial charge in [0.15, 0.2) is 0 Å². The normalized spacial score (nSPS) is 18.1. The van der Waals surface area contributed by atoms with E-state index in [0.29, 0.717) is 18.1 Å². The first-order chi connectivity index (χ1) is 7.70. The second-order valence-electron chi connectivity index (χ2n) is 4.57. The van der Waals surface area contributed by atoms with Crippen molar-refractivity contribution in [2.75, 3.05) is 13.1 Å². The van der Waals surface area contributed by atoms with Crippen LogP contribution in [0.4, 0.5) is 0 Å². The lowest BCUT2D eigenvalue weighted by Crippen LogP contribution is -2.47. The smallest absolute Gasteiger partial charge is 0.141 e. The predicted molar refractivity (Wildman–Crippen MR) is 67.9 cm³/mol. The highest BCUT2D eigenvalue weighted by atomic mass is 32.1. The van der Waals surface area contributed by atoms with Gasteiger partial charge in [0, 0.05) is 22.1 Å². The molecule has 1 unspecified atom stereocenters. The quantitative estimate of drug-likeness (QED) is 0.851. The number of ketones is 1. The number of nitrogens with one attached hydrogen (secondary N) is 1. The van der Waals surface area contributed by atoms with Crippen molar-refractivity contribution >= 4 is 17.1 Å². The summed E-state index contributed by atoms with van der Waals surface area (Å²) in [5.41, 5.74) is 0. The maximum Gasteiger partial charge on any atom is 0.141 e. The molecule has 1 aromatic rings. The maximum atomic E-state index is 12.0. The molecule has 3 heteroatoms. The number of thiophene rings is 1. The van der Waals surface area contributed by atoms with E-state index >= 15 is 0 Å². The molecule has 0 bridgehead atoms. The number of Topliss-reactive ketones (excluding diaryl/α,β-unsaturated/α-hetero) is 1. The third-order valence-electron chi connectivity index (χ3n) is 3.44. The predicted octanol–water partition coefficient (Wildman–Crippen LogP) is 2.28. The van der Waals surface area contributed by atoms with Crippen LogP contribution in [0.3, 0.4) is 0 Å². The van der Waals surface area contributed by atoms with Crippen molar-refractivity contribution < 1.29 is 4.79 Å². The molecule has 0 radical (unpaired) electrons. The second kappa shape index (κ2) is 5.11. The van der Waals surface area contributed by atoms with Crippen LogP contribution in [-0.2, 0) is 17.6 Å². The van der Waals surface area contributed by atoms with Crippen LogP contribution in [0.15, 0.2) is 12.1 Å². The lowest BCUT2D eigenvalue weighted by atomic mass is 9.85. The highest BCUT2D eigenvalue weighted by Gasteiger charge is 2.28. The lowest BCUT2D eigenvalue weighted by Gasteiger charge is -2.31. The Bertz CT molecular complexity index is 368. The summed E-state index contributed by atoms with van der Waals surface area (Å²) in [7, 11) is 0. The van der Waals surface area contributed by atoms with Crippen molar-refractivity contribution in [3.63, 3.8) is 0 Å². The van der Waals surface area contributed by atoms with Crippen LogP contribution in [0.25, 0.3) is 0 Å². The summed E-state index contributed by atoms with van der Waals surface area (Å²) in [6.45, 7) is 6.25. The molecule has 16 heavy (non-hydrogen) atoms. The first-order valence-corrected chi connectivity index (χ1v) is 6.83. The van der Waals surface area contributed by atoms with Gasteiger partial charge < -0.3 is 5.32 Å². The summed E-state index contributed by atoms with van der Waals surface area (Å²) >= 11 is 1.78. The van der Waals surface area contributed by atoms with Gasteiger partial charge in [-0.1, -0.05) is 13.8 Å². The zero-order valence-corrected chi connectivity index (χ0v) is 10.8. The molecule has 1 aliphatic heterocycles. The minimum Gasteiger partial charge on any atom is -0.316 e. The van der Waals surface area contributed by atoms with Crippen molar-refractivity contribution in [2.24, 2.45) is 11.8 Å². The molecular formula is C13H19NOS. The SMILES string of the molecule is CCc1ccc(CC(=O)C(C)C2CNC2)s1. The Morgan fingerprint density at radius 2 is 2.19 bits per heavy atom. The number of hydrogen-bond donors (Lipinski definition) is 1. The van der Waals surface area contributed by atoms with Gasteiger partial charge in [0.05, 0.1) is 0 Å². The number of hydrogen-bond acceptors (Lipinski definition) is 3. The van der Waals surface area contributed by atoms with Crippen molar-refractivity contribution in [2.45, 2.75) is 26.7 Å². The number of rotatable bonds is 5. The molecule has 2 heterocycles. The van der Waals surface area contributed by atoms with E-state index in [1.807, 2.05) is 0 Å². The Labute approximate surface area is 101 Å². The molecule has 0 saturated carbocycles. The molecule has 0 aliphatic carbocycles. The fraction of sp³-hybridized carbons (Fsp3) is 0.615. The zero-order valence-electron chi connectivity index (χ0n) is 9.95. The van der Waals surface area contributed by atoms with E-state index in [1.54, 1.807) is 11.3 Å². The molecule has 1 N–H and O–H groups in total. The topological polar surface area (TPSA) is 29.1 Å². The van der Waals surface area contributed by atoms with Crippen molar-refractivity contribution in [1.82, 2.24) is 5.32 Å². The average Bonchev–Trinajstić information content (AvgIpc) is 2.62. The molecular weight excluding hydrogens is 218 g/mol. The summed E-state index contributed by atoms with van der Waals surface area (Å²) in [4.78, 5) is 14.6. The lowest BCUT2D eigenvalue weighted by molar-refractivity contribution is -0.123. The van der Waals surface area contributed by atoms with Gasteiger partial charge >= 0.3 is 0 Å². The van der Waals surface area contributed by atoms with Gasteiger partial charge in [-0.25, -0.2) is 0 Å². The van der Waals surface area contributed by atoms with E-state index in [1.165, 1.54) is 9.75 Å². The van der Waals surface area contributed by atoms with Gasteiger partial charge in [-0.05, 0) is 37.6 Å². The maximum absolute atomic E-state index is 12.0. The molecule has 1 aromatic heterocycles. The number of aryl methyl sites for hydroxylation is 1. The van der Waals surface area contributed by atoms with Crippen molar-refractivity contribution in [1.29, 1.82) is 0 Å². The zero-order chi connectivity index (χ0) is 11.5. The monoisotopic (exact) mass is 237 g/mol. The van der Waals surface area contributed by atoms with E-state index in [0.717, 1.165) is 19.5 Å². The fourth-order valence-corrected chi connectivity index (χ4v) is 2.94. The Balaban J connectivity index is 1.90. The molecule has 0 amide bonds. The molecule has 1 atom stereocenters. The summed E-state index contributed by atoms with van der Waals surface area (Å²) < 4.78 is 0. The summed E-state index contributed by atoms with van der Waals surface area (Å²) in [6.07, 6.45) is 1.70. The minimum absolute atomic E-state index is 0.216. The largest absolute Gasteiger partial charge is 0.316 e. The molecule has 0 aromatic carbocycles. The Morgan fingerprint density at radius 1 is 1.50 bits per heavy atom. The summed E-state index contributed by atoms with van der Waals surface area (Å²) in [6, 6.07) is 4.25. The van der Waals surface area contributed by atoms with Crippen LogP contribution >= 0.6 is 11.3 Å². The van der Waals surface area contributed by atoms with Crippen LogP contribution in [0.2, 0.25) is 0 Å². The fourth-order valence-electron chi connectivity index (χ4n) is 1.97. The van der Waals surface area contributed by atoms with Gasteiger partial charge in [0.1, 0.15) is 5.78 Å². The van der Waals surface area contributed by atoms with Crippen LogP contribution in [0.1, 0.15) is 23.6 Å². The molecule has 1 saturated heterocycles. The third kappa shape index (κ3) is 2.53. The molecule has 1 fully saturated rings. The van der Waals surface area contributed by atoms with Gasteiger partial charge in [0.25, 0.3) is 0 Å². The van der Waals surface area contributed by atoms with Gasteiger partial charge in [-0.2, -0.15) is 0 Å². The van der Waals surface area contributed by atoms with Crippen molar-refractivity contribution in [3.8, 4) is 0 Å². The third-order valence-corrected chi connectivity index (χ3v) is 4.67. The Kier molecular flexibility index (Phi) is 3.77. The van der Waals surface area contributed by atoms with Crippen LogP contribution in [0.5, 0.6) is 0 Å². The van der Waals surface area contributed by atoms with E-state index in [2.05, 4.69) is 31.3 Å². The van der Waals surface area contributed by atoms with Gasteiger partial charge in [-0.15, -0.1) is 11.3 Å². The van der Waals surface area contributed by atoms with Crippen LogP contribution in [0, 0.1) is 11.8 Å². The van der Waals surface area contributed by atoms with Crippen molar-refractivity contribution in [3.05, 3.63) is 21.9 Å².